The molecule has 0 saturated carbocycles. The second-order valence-corrected chi connectivity index (χ2v) is 11.8. The quantitative estimate of drug-likeness (QED) is 0.174. The van der Waals surface area contributed by atoms with Crippen molar-refractivity contribution in [3.05, 3.63) is 68.6 Å². The Bertz CT molecular complexity index is 1540. The van der Waals surface area contributed by atoms with Gasteiger partial charge in [-0.25, -0.2) is 4.79 Å². The van der Waals surface area contributed by atoms with E-state index >= 15 is 0 Å². The fourth-order valence-corrected chi connectivity index (χ4v) is 4.72. The second-order valence-electron chi connectivity index (χ2n) is 10.1. The Balaban J connectivity index is 0.000000315. The Hall–Kier alpha value is -2.86. The number of nitrogens with one attached hydrogen (secondary N) is 1. The van der Waals surface area contributed by atoms with E-state index in [1.807, 2.05) is 25.2 Å². The summed E-state index contributed by atoms with van der Waals surface area (Å²) in [7, 11) is 3.63. The van der Waals surface area contributed by atoms with E-state index in [0.717, 1.165) is 22.5 Å². The molecule has 0 aliphatic rings. The summed E-state index contributed by atoms with van der Waals surface area (Å²) in [6, 6.07) is 14.2. The molecule has 1 amide bonds. The zero-order valence-electron chi connectivity index (χ0n) is 24.9. The molecular formula is C29H35Cl5N6O4. The maximum atomic E-state index is 11.5. The molecule has 2 aromatic carbocycles. The molecule has 3 N–H and O–H groups in total. The van der Waals surface area contributed by atoms with Crippen LogP contribution in [0.3, 0.4) is 0 Å². The number of nitrogens with two attached hydrogens (primary N) is 1. The van der Waals surface area contributed by atoms with Gasteiger partial charge in [0.2, 0.25) is 11.8 Å². The van der Waals surface area contributed by atoms with Crippen LogP contribution < -0.4 is 20.5 Å². The highest BCUT2D eigenvalue weighted by Crippen LogP contribution is 2.33. The third kappa shape index (κ3) is 11.3. The van der Waals surface area contributed by atoms with Gasteiger partial charge in [0, 0.05) is 53.9 Å². The van der Waals surface area contributed by atoms with E-state index in [4.69, 9.17) is 66.3 Å². The molecule has 0 aliphatic heterocycles. The topological polar surface area (TPSA) is 118 Å². The fourth-order valence-electron chi connectivity index (χ4n) is 3.71. The van der Waals surface area contributed by atoms with Crippen molar-refractivity contribution < 1.29 is 19.0 Å². The van der Waals surface area contributed by atoms with Crippen molar-refractivity contribution in [1.82, 2.24) is 24.9 Å². The maximum Gasteiger partial charge on any atom is 0.407 e. The third-order valence-corrected chi connectivity index (χ3v) is 6.61. The number of carbonyl (C=O) groups is 1. The number of amides is 1. The average molecular weight is 709 g/mol. The number of alkyl carbamates (subject to hydrolysis) is 1. The van der Waals surface area contributed by atoms with Crippen LogP contribution in [0.4, 0.5) is 4.79 Å². The summed E-state index contributed by atoms with van der Waals surface area (Å²) in [5.74, 6) is 0.971. The Morgan fingerprint density at radius 1 is 0.818 bits per heavy atom. The average Bonchev–Trinajstić information content (AvgIpc) is 3.46. The predicted molar refractivity (Wildman–Crippen MR) is 179 cm³/mol. The molecule has 0 spiro atoms. The largest absolute Gasteiger partial charge is 0.475 e. The molecule has 0 radical (unpaired) electrons. The summed E-state index contributed by atoms with van der Waals surface area (Å²) in [5.41, 5.74) is 8.18. The van der Waals surface area contributed by atoms with Crippen molar-refractivity contribution in [2.24, 2.45) is 19.8 Å². The van der Waals surface area contributed by atoms with Crippen LogP contribution in [-0.4, -0.2) is 57.6 Å². The van der Waals surface area contributed by atoms with E-state index in [-0.39, 0.29) is 19.0 Å². The van der Waals surface area contributed by atoms with Crippen molar-refractivity contribution in [3.63, 3.8) is 0 Å². The van der Waals surface area contributed by atoms with Gasteiger partial charge in [0.25, 0.3) is 0 Å². The number of aryl methyl sites for hydroxylation is 2. The standard InChI is InChI=1S/C17H21Cl2N3O3.C12H13Cl2N3O.ClH/c1-17(2,3)25-16(23)20-7-8-24-15-10-14(22(4)21-15)12-6-5-11(18)9-13(12)19;1-17-11(7-12(16-17)18-5-4-15)9-3-2-8(13)6-10(9)14;/h5-6,9-10H,7-8H2,1-4H3,(H,20,23);2-3,6-7H,4-5,15H2,1H3;1H. The number of halogens is 5. The number of ether oxygens (including phenoxy) is 3. The second kappa shape index (κ2) is 17.0. The number of nitrogens with zero attached hydrogens (tertiary/aromatic N) is 4. The van der Waals surface area contributed by atoms with Crippen molar-refractivity contribution >= 4 is 64.9 Å². The van der Waals surface area contributed by atoms with Gasteiger partial charge >= 0.3 is 6.09 Å². The lowest BCUT2D eigenvalue weighted by atomic mass is 10.1. The van der Waals surface area contributed by atoms with Crippen molar-refractivity contribution in [1.29, 1.82) is 0 Å². The molecule has 10 nitrogen and oxygen atoms in total. The molecule has 240 valence electrons. The van der Waals surface area contributed by atoms with Crippen LogP contribution in [0.15, 0.2) is 48.5 Å². The molecule has 0 aliphatic carbocycles. The van der Waals surface area contributed by atoms with E-state index < -0.39 is 11.7 Å². The lowest BCUT2D eigenvalue weighted by Crippen LogP contribution is -2.34. The van der Waals surface area contributed by atoms with Gasteiger partial charge in [-0.15, -0.1) is 22.6 Å². The minimum absolute atomic E-state index is 0. The molecule has 0 unspecified atom stereocenters. The minimum atomic E-state index is -0.529. The molecule has 0 fully saturated rings. The zero-order chi connectivity index (χ0) is 31.7. The van der Waals surface area contributed by atoms with E-state index in [1.165, 1.54) is 0 Å². The highest BCUT2D eigenvalue weighted by molar-refractivity contribution is 6.37. The van der Waals surface area contributed by atoms with Gasteiger partial charge in [-0.3, -0.25) is 9.36 Å². The van der Waals surface area contributed by atoms with E-state index in [2.05, 4.69) is 15.5 Å². The van der Waals surface area contributed by atoms with Gasteiger partial charge in [-0.2, -0.15) is 0 Å². The van der Waals surface area contributed by atoms with Gasteiger partial charge in [-0.1, -0.05) is 46.4 Å². The van der Waals surface area contributed by atoms with Gasteiger partial charge in [0.05, 0.1) is 28.0 Å². The number of hydrogen-bond donors (Lipinski definition) is 2. The van der Waals surface area contributed by atoms with Crippen molar-refractivity contribution in [2.75, 3.05) is 26.3 Å². The van der Waals surface area contributed by atoms with E-state index in [1.54, 1.807) is 67.5 Å². The van der Waals surface area contributed by atoms with Crippen LogP contribution in [0.2, 0.25) is 20.1 Å². The highest BCUT2D eigenvalue weighted by atomic mass is 35.5. The van der Waals surface area contributed by atoms with Crippen LogP contribution >= 0.6 is 58.8 Å². The molecule has 44 heavy (non-hydrogen) atoms. The van der Waals surface area contributed by atoms with Gasteiger partial charge in [0.1, 0.15) is 18.8 Å². The summed E-state index contributed by atoms with van der Waals surface area (Å²) in [6.45, 7) is 6.88. The van der Waals surface area contributed by atoms with Gasteiger partial charge in [0.15, 0.2) is 0 Å². The van der Waals surface area contributed by atoms with Crippen LogP contribution in [0.5, 0.6) is 11.8 Å². The molecule has 15 heteroatoms. The molecule has 0 atom stereocenters. The SMILES string of the molecule is Cl.Cn1nc(OCCN)cc1-c1ccc(Cl)cc1Cl.Cn1nc(OCCNC(=O)OC(C)(C)C)cc1-c1ccc(Cl)cc1Cl. The van der Waals surface area contributed by atoms with E-state index in [9.17, 15) is 4.79 Å². The summed E-state index contributed by atoms with van der Waals surface area (Å²) < 4.78 is 19.5. The monoisotopic (exact) mass is 706 g/mol. The smallest absolute Gasteiger partial charge is 0.407 e. The Labute approximate surface area is 283 Å². The molecule has 4 rings (SSSR count). The molecular weight excluding hydrogens is 674 g/mol. The third-order valence-electron chi connectivity index (χ3n) is 5.52. The Morgan fingerprint density at radius 2 is 1.27 bits per heavy atom. The highest BCUT2D eigenvalue weighted by Gasteiger charge is 2.16. The fraction of sp³-hybridized carbons (Fsp3) is 0.345. The maximum absolute atomic E-state index is 11.5. The first kappa shape index (κ1) is 37.3. The van der Waals surface area contributed by atoms with E-state index in [0.29, 0.717) is 51.5 Å². The normalized spacial score (nSPS) is 10.8. The number of hydrogen-bond acceptors (Lipinski definition) is 7. The number of carbonyl (C=O) groups excluding carboxylic acids is 1. The number of aromatic nitrogens is 4. The molecule has 0 saturated heterocycles. The molecule has 0 bridgehead atoms. The van der Waals surface area contributed by atoms with Gasteiger partial charge in [-0.05, 0) is 57.2 Å². The van der Waals surface area contributed by atoms with Crippen LogP contribution in [0.1, 0.15) is 20.8 Å². The lowest BCUT2D eigenvalue weighted by Gasteiger charge is -2.19. The van der Waals surface area contributed by atoms with Gasteiger partial charge < -0.3 is 25.3 Å². The number of rotatable bonds is 9. The number of benzene rings is 2. The molecule has 4 aromatic rings. The first-order chi connectivity index (χ1) is 20.3. The van der Waals surface area contributed by atoms with Crippen molar-refractivity contribution in [2.45, 2.75) is 26.4 Å². The predicted octanol–water partition coefficient (Wildman–Crippen LogP) is 7.45. The van der Waals surface area contributed by atoms with Crippen LogP contribution in [0, 0.1) is 0 Å². The first-order valence-corrected chi connectivity index (χ1v) is 14.7. The van der Waals surface area contributed by atoms with Crippen LogP contribution in [-0.2, 0) is 18.8 Å². The minimum Gasteiger partial charge on any atom is -0.475 e. The Morgan fingerprint density at radius 3 is 1.68 bits per heavy atom. The summed E-state index contributed by atoms with van der Waals surface area (Å²) in [4.78, 5) is 11.5. The Kier molecular flexibility index (Phi) is 14.4. The summed E-state index contributed by atoms with van der Waals surface area (Å²) >= 11 is 24.2. The lowest BCUT2D eigenvalue weighted by molar-refractivity contribution is 0.0519. The summed E-state index contributed by atoms with van der Waals surface area (Å²) in [5, 5.41) is 13.4. The molecule has 2 heterocycles. The van der Waals surface area contributed by atoms with Crippen LogP contribution in [0.25, 0.3) is 22.5 Å². The van der Waals surface area contributed by atoms with Crippen molar-refractivity contribution in [3.8, 4) is 34.3 Å². The molecule has 2 aromatic heterocycles. The first-order valence-electron chi connectivity index (χ1n) is 13.2. The summed E-state index contributed by atoms with van der Waals surface area (Å²) in [6.07, 6.45) is -0.481. The zero-order valence-corrected chi connectivity index (χ0v) is 28.7.